The van der Waals surface area contributed by atoms with E-state index >= 15 is 0 Å². The van der Waals surface area contributed by atoms with Crippen LogP contribution in [0.4, 0.5) is 5.69 Å². The Morgan fingerprint density at radius 2 is 2.27 bits per heavy atom. The Morgan fingerprint density at radius 1 is 1.47 bits per heavy atom. The lowest BCUT2D eigenvalue weighted by molar-refractivity contribution is 0.201. The molecule has 1 aromatic heterocycles. The number of ether oxygens (including phenoxy) is 1. The molecule has 80 valence electrons. The smallest absolute Gasteiger partial charge is 0.109 e. The van der Waals surface area contributed by atoms with Crippen LogP contribution in [0.15, 0.2) is 12.1 Å². The molecule has 0 fully saturated rings. The van der Waals surface area contributed by atoms with Gasteiger partial charge in [0, 0.05) is 19.2 Å². The highest BCUT2D eigenvalue weighted by Gasteiger charge is 2.05. The molecule has 0 aliphatic carbocycles. The number of imidazole rings is 1. The second-order valence-electron chi connectivity index (χ2n) is 3.66. The molecule has 4 heteroatoms. The Bertz CT molecular complexity index is 476. The first kappa shape index (κ1) is 9.98. The molecule has 15 heavy (non-hydrogen) atoms. The molecule has 0 saturated carbocycles. The number of methoxy groups -OCH3 is 1. The summed E-state index contributed by atoms with van der Waals surface area (Å²) in [6.07, 6.45) is 0.796. The number of rotatable bonds is 3. The molecule has 0 saturated heterocycles. The number of hydrogen-bond donors (Lipinski definition) is 2. The number of nitrogen functional groups attached to an aromatic ring is 1. The first-order valence-electron chi connectivity index (χ1n) is 4.94. The van der Waals surface area contributed by atoms with Gasteiger partial charge in [0.05, 0.1) is 17.6 Å². The molecular formula is C11H15N3O. The van der Waals surface area contributed by atoms with Gasteiger partial charge in [0.1, 0.15) is 5.82 Å². The van der Waals surface area contributed by atoms with Crippen molar-refractivity contribution in [2.75, 3.05) is 19.5 Å². The molecule has 0 spiro atoms. The molecule has 3 N–H and O–H groups in total. The third kappa shape index (κ3) is 1.94. The Balaban J connectivity index is 2.41. The van der Waals surface area contributed by atoms with E-state index in [-0.39, 0.29) is 0 Å². The molecule has 0 aliphatic rings. The highest BCUT2D eigenvalue weighted by Crippen LogP contribution is 2.19. The fourth-order valence-corrected chi connectivity index (χ4v) is 1.69. The summed E-state index contributed by atoms with van der Waals surface area (Å²) >= 11 is 0. The Labute approximate surface area is 88.5 Å². The van der Waals surface area contributed by atoms with Gasteiger partial charge in [-0.25, -0.2) is 4.98 Å². The zero-order valence-electron chi connectivity index (χ0n) is 9.00. The number of H-pyrrole nitrogens is 1. The zero-order valence-corrected chi connectivity index (χ0v) is 9.00. The van der Waals surface area contributed by atoms with Crippen LogP contribution in [0.2, 0.25) is 0 Å². The van der Waals surface area contributed by atoms with Gasteiger partial charge in [0.15, 0.2) is 0 Å². The van der Waals surface area contributed by atoms with E-state index in [1.165, 1.54) is 0 Å². The van der Waals surface area contributed by atoms with Crippen molar-refractivity contribution in [3.8, 4) is 0 Å². The number of hydrogen-bond acceptors (Lipinski definition) is 3. The van der Waals surface area contributed by atoms with Crippen molar-refractivity contribution in [3.05, 3.63) is 23.5 Å². The molecule has 1 heterocycles. The van der Waals surface area contributed by atoms with Gasteiger partial charge in [-0.3, -0.25) is 0 Å². The number of aromatic amines is 1. The maximum absolute atomic E-state index is 5.76. The van der Waals surface area contributed by atoms with Crippen LogP contribution < -0.4 is 5.73 Å². The van der Waals surface area contributed by atoms with Crippen molar-refractivity contribution in [3.63, 3.8) is 0 Å². The fraction of sp³-hybridized carbons (Fsp3) is 0.364. The SMILES string of the molecule is COCCc1nc2c(C)cc(N)cc2[nH]1. The average Bonchev–Trinajstić information content (AvgIpc) is 2.57. The monoisotopic (exact) mass is 205 g/mol. The Hall–Kier alpha value is -1.55. The van der Waals surface area contributed by atoms with E-state index in [0.29, 0.717) is 6.61 Å². The first-order chi connectivity index (χ1) is 7.20. The van der Waals surface area contributed by atoms with Crippen molar-refractivity contribution in [1.29, 1.82) is 0 Å². The molecule has 0 aliphatic heterocycles. The largest absolute Gasteiger partial charge is 0.399 e. The molecule has 0 amide bonds. The maximum atomic E-state index is 5.76. The van der Waals surface area contributed by atoms with Gasteiger partial charge < -0.3 is 15.5 Å². The summed E-state index contributed by atoms with van der Waals surface area (Å²) in [5, 5.41) is 0. The molecule has 1 aromatic carbocycles. The van der Waals surface area contributed by atoms with Gasteiger partial charge in [-0.1, -0.05) is 0 Å². The maximum Gasteiger partial charge on any atom is 0.109 e. The molecule has 0 radical (unpaired) electrons. The van der Waals surface area contributed by atoms with E-state index in [9.17, 15) is 0 Å². The lowest BCUT2D eigenvalue weighted by Gasteiger charge is -1.96. The highest BCUT2D eigenvalue weighted by molar-refractivity contribution is 5.82. The van der Waals surface area contributed by atoms with Crippen LogP contribution >= 0.6 is 0 Å². The van der Waals surface area contributed by atoms with Crippen LogP contribution in [0.1, 0.15) is 11.4 Å². The molecular weight excluding hydrogens is 190 g/mol. The molecule has 4 nitrogen and oxygen atoms in total. The standard InChI is InChI=1S/C11H15N3O/c1-7-5-8(12)6-9-11(7)14-10(13-9)3-4-15-2/h5-6H,3-4,12H2,1-2H3,(H,13,14). The number of nitrogens with one attached hydrogen (secondary N) is 1. The summed E-state index contributed by atoms with van der Waals surface area (Å²) in [5.41, 5.74) is 9.62. The van der Waals surface area contributed by atoms with Crippen LogP contribution in [0, 0.1) is 6.92 Å². The first-order valence-corrected chi connectivity index (χ1v) is 4.94. The summed E-state index contributed by atoms with van der Waals surface area (Å²) in [5.74, 6) is 0.945. The number of benzene rings is 1. The van der Waals surface area contributed by atoms with Crippen molar-refractivity contribution < 1.29 is 4.74 Å². The van der Waals surface area contributed by atoms with Crippen LogP contribution in [0.25, 0.3) is 11.0 Å². The number of aromatic nitrogens is 2. The lowest BCUT2D eigenvalue weighted by Crippen LogP contribution is -1.95. The minimum Gasteiger partial charge on any atom is -0.399 e. The predicted molar refractivity (Wildman–Crippen MR) is 60.8 cm³/mol. The van der Waals surface area contributed by atoms with E-state index in [4.69, 9.17) is 10.5 Å². The lowest BCUT2D eigenvalue weighted by atomic mass is 10.2. The third-order valence-corrected chi connectivity index (χ3v) is 2.39. The summed E-state index contributed by atoms with van der Waals surface area (Å²) < 4.78 is 5.01. The average molecular weight is 205 g/mol. The topological polar surface area (TPSA) is 63.9 Å². The Morgan fingerprint density at radius 3 is 3.00 bits per heavy atom. The highest BCUT2D eigenvalue weighted by atomic mass is 16.5. The van der Waals surface area contributed by atoms with E-state index in [0.717, 1.165) is 34.5 Å². The molecule has 2 aromatic rings. The normalized spacial score (nSPS) is 11.1. The van der Waals surface area contributed by atoms with E-state index in [1.807, 2.05) is 19.1 Å². The summed E-state index contributed by atoms with van der Waals surface area (Å²) in [6, 6.07) is 3.84. The minimum atomic E-state index is 0.675. The second-order valence-corrected chi connectivity index (χ2v) is 3.66. The van der Waals surface area contributed by atoms with Crippen molar-refractivity contribution in [2.45, 2.75) is 13.3 Å². The van der Waals surface area contributed by atoms with Gasteiger partial charge in [-0.05, 0) is 24.6 Å². The van der Waals surface area contributed by atoms with Crippen molar-refractivity contribution in [1.82, 2.24) is 9.97 Å². The third-order valence-electron chi connectivity index (χ3n) is 2.39. The summed E-state index contributed by atoms with van der Waals surface area (Å²) in [7, 11) is 1.69. The zero-order chi connectivity index (χ0) is 10.8. The van der Waals surface area contributed by atoms with E-state index in [2.05, 4.69) is 9.97 Å². The second kappa shape index (κ2) is 3.90. The number of nitrogens with zero attached hydrogens (tertiary/aromatic N) is 1. The van der Waals surface area contributed by atoms with Crippen molar-refractivity contribution >= 4 is 16.7 Å². The van der Waals surface area contributed by atoms with Crippen LogP contribution in [0.5, 0.6) is 0 Å². The fourth-order valence-electron chi connectivity index (χ4n) is 1.69. The molecule has 0 atom stereocenters. The van der Waals surface area contributed by atoms with Gasteiger partial charge in [-0.15, -0.1) is 0 Å². The quantitative estimate of drug-likeness (QED) is 0.749. The van der Waals surface area contributed by atoms with Crippen LogP contribution in [0.3, 0.4) is 0 Å². The number of aryl methyl sites for hydroxylation is 1. The van der Waals surface area contributed by atoms with Crippen LogP contribution in [-0.2, 0) is 11.2 Å². The number of anilines is 1. The molecule has 0 unspecified atom stereocenters. The van der Waals surface area contributed by atoms with E-state index in [1.54, 1.807) is 7.11 Å². The van der Waals surface area contributed by atoms with E-state index < -0.39 is 0 Å². The summed E-state index contributed by atoms with van der Waals surface area (Å²) in [6.45, 7) is 2.69. The Kier molecular flexibility index (Phi) is 2.60. The number of fused-ring (bicyclic) bond motifs is 1. The van der Waals surface area contributed by atoms with Gasteiger partial charge in [0.25, 0.3) is 0 Å². The number of nitrogens with two attached hydrogens (primary N) is 1. The molecule has 0 bridgehead atoms. The minimum absolute atomic E-state index is 0.675. The summed E-state index contributed by atoms with van der Waals surface area (Å²) in [4.78, 5) is 7.74. The van der Waals surface area contributed by atoms with Gasteiger partial charge >= 0.3 is 0 Å². The van der Waals surface area contributed by atoms with Crippen LogP contribution in [-0.4, -0.2) is 23.7 Å². The molecule has 2 rings (SSSR count). The predicted octanol–water partition coefficient (Wildman–Crippen LogP) is 1.64. The van der Waals surface area contributed by atoms with Crippen molar-refractivity contribution in [2.24, 2.45) is 0 Å². The van der Waals surface area contributed by atoms with Gasteiger partial charge in [0.2, 0.25) is 0 Å². The van der Waals surface area contributed by atoms with Gasteiger partial charge in [-0.2, -0.15) is 0 Å².